The van der Waals surface area contributed by atoms with Crippen molar-refractivity contribution in [2.45, 2.75) is 45.9 Å². The molecule has 4 rings (SSSR count). The van der Waals surface area contributed by atoms with Gasteiger partial charge in [0.25, 0.3) is 5.09 Å². The van der Waals surface area contributed by atoms with E-state index in [1.165, 1.54) is 0 Å². The van der Waals surface area contributed by atoms with E-state index in [9.17, 15) is 19.7 Å². The Labute approximate surface area is 245 Å². The first-order valence-electron chi connectivity index (χ1n) is 13.1. The Morgan fingerprint density at radius 3 is 2.55 bits per heavy atom. The molecule has 15 heteroatoms. The molecule has 0 spiro atoms. The van der Waals surface area contributed by atoms with Crippen LogP contribution >= 0.6 is 11.6 Å². The number of hydrogen-bond acceptors (Lipinski definition) is 11. The van der Waals surface area contributed by atoms with Crippen LogP contribution in [0.4, 0.5) is 4.79 Å². The van der Waals surface area contributed by atoms with E-state index in [0.29, 0.717) is 18.1 Å². The molecule has 0 radical (unpaired) electrons. The van der Waals surface area contributed by atoms with Crippen molar-refractivity contribution in [3.8, 4) is 22.5 Å². The first kappa shape index (κ1) is 30.1. The Balaban J connectivity index is 1.41. The highest BCUT2D eigenvalue weighted by Crippen LogP contribution is 2.30. The average molecular weight is 598 g/mol. The molecular weight excluding hydrogens is 570 g/mol. The quantitative estimate of drug-likeness (QED) is 0.0608. The second-order valence-corrected chi connectivity index (χ2v) is 9.38. The van der Waals surface area contributed by atoms with Crippen LogP contribution in [-0.2, 0) is 34.0 Å². The first-order chi connectivity index (χ1) is 20.4. The first-order valence-corrected chi connectivity index (χ1v) is 13.5. The molecule has 0 fully saturated rings. The Kier molecular flexibility index (Phi) is 10.5. The van der Waals surface area contributed by atoms with Crippen molar-refractivity contribution in [3.63, 3.8) is 0 Å². The second kappa shape index (κ2) is 14.7. The summed E-state index contributed by atoms with van der Waals surface area (Å²) in [6.45, 7) is 1.91. The molecule has 2 aromatic heterocycles. The molecule has 0 N–H and O–H groups in total. The zero-order valence-corrected chi connectivity index (χ0v) is 23.5. The highest BCUT2D eigenvalue weighted by Gasteiger charge is 2.17. The highest BCUT2D eigenvalue weighted by atomic mass is 35.5. The molecule has 2 aromatic carbocycles. The van der Waals surface area contributed by atoms with E-state index >= 15 is 0 Å². The number of imidazole rings is 1. The predicted octanol–water partition coefficient (Wildman–Crippen LogP) is 4.77. The summed E-state index contributed by atoms with van der Waals surface area (Å²) >= 11 is 6.22. The molecule has 14 nitrogen and oxygen atoms in total. The molecule has 0 saturated heterocycles. The van der Waals surface area contributed by atoms with E-state index in [1.807, 2.05) is 53.1 Å². The number of halogens is 1. The molecule has 0 aliphatic heterocycles. The third kappa shape index (κ3) is 7.87. The van der Waals surface area contributed by atoms with Gasteiger partial charge in [0.05, 0.1) is 13.2 Å². The molecular formula is C27H28ClN7O7. The lowest BCUT2D eigenvalue weighted by molar-refractivity contribution is -0.757. The number of hydrogen-bond donors (Lipinski definition) is 0. The van der Waals surface area contributed by atoms with Gasteiger partial charge in [-0.25, -0.2) is 9.78 Å². The lowest BCUT2D eigenvalue weighted by Gasteiger charge is -2.11. The maximum atomic E-state index is 11.7. The fourth-order valence-corrected chi connectivity index (χ4v) is 4.35. The van der Waals surface area contributed by atoms with Crippen molar-refractivity contribution in [2.75, 3.05) is 13.2 Å². The van der Waals surface area contributed by atoms with E-state index < -0.39 is 11.2 Å². The minimum Gasteiger partial charge on any atom is -0.434 e. The van der Waals surface area contributed by atoms with Crippen LogP contribution in [0.5, 0.6) is 0 Å². The van der Waals surface area contributed by atoms with Crippen molar-refractivity contribution in [1.29, 1.82) is 0 Å². The topological polar surface area (TPSA) is 166 Å². The van der Waals surface area contributed by atoms with Crippen LogP contribution in [0.1, 0.15) is 48.1 Å². The number of carbonyl (C=O) groups is 2. The summed E-state index contributed by atoms with van der Waals surface area (Å²) in [4.78, 5) is 43.1. The van der Waals surface area contributed by atoms with Gasteiger partial charge in [-0.15, -0.1) is 25.1 Å². The van der Waals surface area contributed by atoms with Crippen molar-refractivity contribution in [2.24, 2.45) is 0 Å². The van der Waals surface area contributed by atoms with E-state index in [4.69, 9.17) is 21.1 Å². The van der Waals surface area contributed by atoms with Crippen LogP contribution in [0.25, 0.3) is 22.5 Å². The van der Waals surface area contributed by atoms with Crippen LogP contribution in [-0.4, -0.2) is 60.5 Å². The van der Waals surface area contributed by atoms with Gasteiger partial charge in [-0.2, -0.15) is 0 Å². The van der Waals surface area contributed by atoms with Gasteiger partial charge in [-0.1, -0.05) is 73.5 Å². The molecule has 0 saturated carbocycles. The van der Waals surface area contributed by atoms with Crippen molar-refractivity contribution in [3.05, 3.63) is 80.9 Å². The number of nitrogens with zero attached hydrogens (tertiary/aromatic N) is 7. The molecule has 0 amide bonds. The van der Waals surface area contributed by atoms with E-state index in [-0.39, 0.29) is 31.5 Å². The van der Waals surface area contributed by atoms with E-state index in [0.717, 1.165) is 58.4 Å². The summed E-state index contributed by atoms with van der Waals surface area (Å²) in [6.07, 6.45) is 2.57. The highest BCUT2D eigenvalue weighted by molar-refractivity contribution is 6.31. The Morgan fingerprint density at radius 2 is 1.83 bits per heavy atom. The van der Waals surface area contributed by atoms with Crippen molar-refractivity contribution < 1.29 is 29.0 Å². The van der Waals surface area contributed by atoms with E-state index in [1.54, 1.807) is 0 Å². The van der Waals surface area contributed by atoms with Gasteiger partial charge < -0.3 is 18.9 Å². The Hall–Kier alpha value is -4.85. The molecule has 4 aromatic rings. The molecule has 0 aliphatic rings. The SMILES string of the molecule is CCCCc1nc(Cl)c(C=O)n1Cc1ccc(-c2ccccc2-c2nnn(COC(=O)OCCCO[N+](=O)[O-])n2)cc1. The lowest BCUT2D eigenvalue weighted by Crippen LogP contribution is -2.14. The molecule has 0 unspecified atom stereocenters. The van der Waals surface area contributed by atoms with Crippen LogP contribution in [0.3, 0.4) is 0 Å². The molecule has 0 aliphatic carbocycles. The maximum absolute atomic E-state index is 11.7. The number of rotatable bonds is 15. The number of ether oxygens (including phenoxy) is 2. The zero-order valence-electron chi connectivity index (χ0n) is 22.7. The van der Waals surface area contributed by atoms with Crippen molar-refractivity contribution >= 4 is 24.0 Å². The number of aromatic nitrogens is 6. The van der Waals surface area contributed by atoms with Crippen LogP contribution in [0.15, 0.2) is 48.5 Å². The van der Waals surface area contributed by atoms with Gasteiger partial charge in [0.15, 0.2) is 11.4 Å². The van der Waals surface area contributed by atoms with Gasteiger partial charge in [0, 0.05) is 24.9 Å². The van der Waals surface area contributed by atoms with Crippen LogP contribution < -0.4 is 0 Å². The van der Waals surface area contributed by atoms with Gasteiger partial charge in [-0.05, 0) is 28.3 Å². The van der Waals surface area contributed by atoms with E-state index in [2.05, 4.69) is 32.2 Å². The van der Waals surface area contributed by atoms with Crippen LogP contribution in [0.2, 0.25) is 5.15 Å². The minimum atomic E-state index is -0.980. The number of aryl methyl sites for hydroxylation is 1. The summed E-state index contributed by atoms with van der Waals surface area (Å²) in [6, 6.07) is 15.4. The standard InChI is InChI=1S/C27H28ClN7O7/c1-2-3-9-24-29-25(28)23(17-36)33(24)16-19-10-12-20(13-11-19)21-7-4-5-8-22(21)26-30-32-34(31-26)18-41-27(37)40-14-6-15-42-35(38)39/h4-5,7-8,10-13,17H,2-3,6,9,14-16,18H2,1H3. The predicted molar refractivity (Wildman–Crippen MR) is 149 cm³/mol. The van der Waals surface area contributed by atoms with Gasteiger partial charge in [0.1, 0.15) is 11.5 Å². The average Bonchev–Trinajstić information content (AvgIpc) is 3.58. The molecule has 2 heterocycles. The Morgan fingerprint density at radius 1 is 1.07 bits per heavy atom. The summed E-state index contributed by atoms with van der Waals surface area (Å²) in [7, 11) is 0. The summed E-state index contributed by atoms with van der Waals surface area (Å²) in [5, 5.41) is 21.7. The molecule has 0 atom stereocenters. The monoisotopic (exact) mass is 597 g/mol. The third-order valence-electron chi connectivity index (χ3n) is 6.14. The maximum Gasteiger partial charge on any atom is 0.510 e. The zero-order chi connectivity index (χ0) is 29.9. The van der Waals surface area contributed by atoms with Gasteiger partial charge in [-0.3, -0.25) is 4.79 Å². The summed E-state index contributed by atoms with van der Waals surface area (Å²) in [5.41, 5.74) is 3.84. The van der Waals surface area contributed by atoms with Gasteiger partial charge in [0.2, 0.25) is 12.6 Å². The second-order valence-electron chi connectivity index (χ2n) is 9.02. The fraction of sp³-hybridized carbons (Fsp3) is 0.333. The lowest BCUT2D eigenvalue weighted by atomic mass is 9.98. The summed E-state index contributed by atoms with van der Waals surface area (Å²) in [5.74, 6) is 1.11. The molecule has 220 valence electrons. The number of unbranched alkanes of at least 4 members (excludes halogenated alkanes) is 1. The fourth-order valence-electron chi connectivity index (χ4n) is 4.11. The Bertz CT molecular complexity index is 1520. The van der Waals surface area contributed by atoms with Crippen LogP contribution in [0, 0.1) is 10.1 Å². The number of benzene rings is 2. The third-order valence-corrected chi connectivity index (χ3v) is 6.41. The van der Waals surface area contributed by atoms with Gasteiger partial charge >= 0.3 is 6.16 Å². The summed E-state index contributed by atoms with van der Waals surface area (Å²) < 4.78 is 11.6. The molecule has 0 bridgehead atoms. The molecule has 42 heavy (non-hydrogen) atoms. The number of carbonyl (C=O) groups excluding carboxylic acids is 2. The normalized spacial score (nSPS) is 10.8. The minimum absolute atomic E-state index is 0.108. The number of tetrazole rings is 1. The number of aldehydes is 1. The largest absolute Gasteiger partial charge is 0.510 e. The van der Waals surface area contributed by atoms with Crippen molar-refractivity contribution in [1.82, 2.24) is 29.8 Å². The smallest absolute Gasteiger partial charge is 0.434 e.